The monoisotopic (exact) mass is 398 g/mol. The van der Waals surface area contributed by atoms with Gasteiger partial charge in [-0.05, 0) is 30.3 Å². The Morgan fingerprint density at radius 3 is 2.12 bits per heavy atom. The first kappa shape index (κ1) is 18.2. The third-order valence-electron chi connectivity index (χ3n) is 4.08. The lowest BCUT2D eigenvalue weighted by atomic mass is 10.2. The van der Waals surface area contributed by atoms with Crippen LogP contribution in [0.4, 0.5) is 0 Å². The van der Waals surface area contributed by atoms with E-state index in [2.05, 4.69) is 0 Å². The summed E-state index contributed by atoms with van der Waals surface area (Å²) < 4.78 is 26.8. The van der Waals surface area contributed by atoms with E-state index >= 15 is 0 Å². The van der Waals surface area contributed by atoms with Gasteiger partial charge >= 0.3 is 0 Å². The predicted octanol–water partition coefficient (Wildman–Crippen LogP) is 3.14. The Labute approximate surface area is 156 Å². The van der Waals surface area contributed by atoms with Crippen molar-refractivity contribution in [2.24, 2.45) is 0 Å². The first-order valence-electron chi connectivity index (χ1n) is 7.69. The van der Waals surface area contributed by atoms with Crippen molar-refractivity contribution in [2.75, 3.05) is 26.2 Å². The van der Waals surface area contributed by atoms with Gasteiger partial charge in [0.25, 0.3) is 5.91 Å². The van der Waals surface area contributed by atoms with Gasteiger partial charge in [0, 0.05) is 31.7 Å². The van der Waals surface area contributed by atoms with E-state index in [9.17, 15) is 13.2 Å². The third-order valence-corrected chi connectivity index (χ3v) is 6.71. The molecule has 5 nitrogen and oxygen atoms in total. The zero-order chi connectivity index (χ0) is 18.0. The summed E-state index contributed by atoms with van der Waals surface area (Å²) in [6.45, 7) is 1.16. The molecule has 132 valence electrons. The summed E-state index contributed by atoms with van der Waals surface area (Å²) >= 11 is 11.8. The Hall–Kier alpha value is -1.60. The maximum atomic E-state index is 12.7. The zero-order valence-corrected chi connectivity index (χ0v) is 15.6. The number of carbonyl (C=O) groups excluding carboxylic acids is 1. The van der Waals surface area contributed by atoms with Crippen molar-refractivity contribution in [3.63, 3.8) is 0 Å². The second-order valence-corrected chi connectivity index (χ2v) is 8.39. The van der Waals surface area contributed by atoms with Gasteiger partial charge in [-0.1, -0.05) is 41.4 Å². The average Bonchev–Trinajstić information content (AvgIpc) is 2.64. The van der Waals surface area contributed by atoms with Crippen LogP contribution in [-0.4, -0.2) is 49.7 Å². The minimum atomic E-state index is -3.66. The van der Waals surface area contributed by atoms with Gasteiger partial charge in [0.2, 0.25) is 10.0 Å². The van der Waals surface area contributed by atoms with Crippen molar-refractivity contribution in [3.05, 3.63) is 64.1 Å². The average molecular weight is 399 g/mol. The molecule has 1 saturated heterocycles. The molecule has 2 aromatic rings. The molecular formula is C17H16Cl2N2O3S. The molecule has 8 heteroatoms. The Morgan fingerprint density at radius 2 is 1.52 bits per heavy atom. The predicted molar refractivity (Wildman–Crippen MR) is 97.6 cm³/mol. The van der Waals surface area contributed by atoms with E-state index in [0.29, 0.717) is 23.7 Å². The molecule has 25 heavy (non-hydrogen) atoms. The summed E-state index contributed by atoms with van der Waals surface area (Å²) in [5.41, 5.74) is 0.600. The summed E-state index contributed by atoms with van der Waals surface area (Å²) in [6.07, 6.45) is 0. The second-order valence-electron chi connectivity index (χ2n) is 5.64. The molecule has 0 N–H and O–H groups in total. The number of amides is 1. The fourth-order valence-electron chi connectivity index (χ4n) is 2.68. The SMILES string of the molecule is O=C(c1ccccc1)N1CCN(S(=O)(=O)c2ccc(Cl)c(Cl)c2)CC1. The van der Waals surface area contributed by atoms with Crippen LogP contribution in [-0.2, 0) is 10.0 Å². The molecule has 1 aliphatic heterocycles. The number of hydrogen-bond acceptors (Lipinski definition) is 3. The maximum Gasteiger partial charge on any atom is 0.253 e. The second kappa shape index (κ2) is 7.33. The van der Waals surface area contributed by atoms with Gasteiger partial charge in [-0.15, -0.1) is 0 Å². The Bertz CT molecular complexity index is 880. The molecule has 0 spiro atoms. The van der Waals surface area contributed by atoms with Gasteiger partial charge in [0.1, 0.15) is 0 Å². The van der Waals surface area contributed by atoms with E-state index in [1.807, 2.05) is 6.07 Å². The highest BCUT2D eigenvalue weighted by molar-refractivity contribution is 7.89. The third kappa shape index (κ3) is 3.82. The van der Waals surface area contributed by atoms with Gasteiger partial charge in [-0.3, -0.25) is 4.79 Å². The fourth-order valence-corrected chi connectivity index (χ4v) is 4.49. The van der Waals surface area contributed by atoms with E-state index in [1.54, 1.807) is 29.2 Å². The number of benzene rings is 2. The van der Waals surface area contributed by atoms with Crippen molar-refractivity contribution in [2.45, 2.75) is 4.90 Å². The summed E-state index contributed by atoms with van der Waals surface area (Å²) in [4.78, 5) is 14.2. The largest absolute Gasteiger partial charge is 0.336 e. The topological polar surface area (TPSA) is 57.7 Å². The highest BCUT2D eigenvalue weighted by Crippen LogP contribution is 2.27. The van der Waals surface area contributed by atoms with Crippen LogP contribution in [0.3, 0.4) is 0 Å². The maximum absolute atomic E-state index is 12.7. The molecule has 3 rings (SSSR count). The standard InChI is InChI=1S/C17H16Cl2N2O3S/c18-15-7-6-14(12-16(15)19)25(23,24)21-10-8-20(9-11-21)17(22)13-4-2-1-3-5-13/h1-7,12H,8-11H2. The number of piperazine rings is 1. The van der Waals surface area contributed by atoms with E-state index in [-0.39, 0.29) is 28.9 Å². The number of sulfonamides is 1. The molecule has 2 aromatic carbocycles. The highest BCUT2D eigenvalue weighted by atomic mass is 35.5. The molecular weight excluding hydrogens is 383 g/mol. The fraction of sp³-hybridized carbons (Fsp3) is 0.235. The first-order chi connectivity index (χ1) is 11.9. The molecule has 1 fully saturated rings. The molecule has 0 radical (unpaired) electrons. The van der Waals surface area contributed by atoms with Crippen LogP contribution in [0.5, 0.6) is 0 Å². The van der Waals surface area contributed by atoms with Crippen LogP contribution in [0.1, 0.15) is 10.4 Å². The van der Waals surface area contributed by atoms with Gasteiger partial charge in [0.15, 0.2) is 0 Å². The summed E-state index contributed by atoms with van der Waals surface area (Å²) in [5.74, 6) is -0.0906. The van der Waals surface area contributed by atoms with E-state index < -0.39 is 10.0 Å². The lowest BCUT2D eigenvalue weighted by molar-refractivity contribution is 0.0698. The Morgan fingerprint density at radius 1 is 0.880 bits per heavy atom. The number of nitrogens with zero attached hydrogens (tertiary/aromatic N) is 2. The lowest BCUT2D eigenvalue weighted by Crippen LogP contribution is -2.50. The smallest absolute Gasteiger partial charge is 0.253 e. The van der Waals surface area contributed by atoms with E-state index in [0.717, 1.165) is 0 Å². The van der Waals surface area contributed by atoms with Crippen LogP contribution < -0.4 is 0 Å². The van der Waals surface area contributed by atoms with Crippen LogP contribution in [0.25, 0.3) is 0 Å². The molecule has 0 bridgehead atoms. The highest BCUT2D eigenvalue weighted by Gasteiger charge is 2.30. The molecule has 1 heterocycles. The van der Waals surface area contributed by atoms with Crippen LogP contribution in [0.15, 0.2) is 53.4 Å². The quantitative estimate of drug-likeness (QED) is 0.797. The minimum Gasteiger partial charge on any atom is -0.336 e. The van der Waals surface area contributed by atoms with Gasteiger partial charge < -0.3 is 4.90 Å². The van der Waals surface area contributed by atoms with Crippen molar-refractivity contribution in [1.29, 1.82) is 0 Å². The van der Waals surface area contributed by atoms with Crippen molar-refractivity contribution < 1.29 is 13.2 Å². The molecule has 0 aromatic heterocycles. The summed E-state index contributed by atoms with van der Waals surface area (Å²) in [7, 11) is -3.66. The number of rotatable bonds is 3. The zero-order valence-electron chi connectivity index (χ0n) is 13.2. The van der Waals surface area contributed by atoms with Gasteiger partial charge in [-0.2, -0.15) is 4.31 Å². The summed E-state index contributed by atoms with van der Waals surface area (Å²) in [5, 5.41) is 0.500. The molecule has 0 aliphatic carbocycles. The van der Waals surface area contributed by atoms with Crippen molar-refractivity contribution in [3.8, 4) is 0 Å². The number of halogens is 2. The Kier molecular flexibility index (Phi) is 5.34. The normalized spacial score (nSPS) is 16.0. The molecule has 0 atom stereocenters. The minimum absolute atomic E-state index is 0.0906. The van der Waals surface area contributed by atoms with Gasteiger partial charge in [-0.25, -0.2) is 8.42 Å². The summed E-state index contributed by atoms with van der Waals surface area (Å²) in [6, 6.07) is 13.2. The molecule has 0 saturated carbocycles. The van der Waals surface area contributed by atoms with Crippen LogP contribution >= 0.6 is 23.2 Å². The van der Waals surface area contributed by atoms with E-state index in [4.69, 9.17) is 23.2 Å². The first-order valence-corrected chi connectivity index (χ1v) is 9.89. The van der Waals surface area contributed by atoms with Crippen LogP contribution in [0.2, 0.25) is 10.0 Å². The molecule has 0 unspecified atom stereocenters. The van der Waals surface area contributed by atoms with Crippen LogP contribution in [0, 0.1) is 0 Å². The van der Waals surface area contributed by atoms with Crippen molar-refractivity contribution in [1.82, 2.24) is 9.21 Å². The molecule has 1 aliphatic rings. The molecule has 1 amide bonds. The van der Waals surface area contributed by atoms with Gasteiger partial charge in [0.05, 0.1) is 14.9 Å². The Balaban J connectivity index is 1.71. The van der Waals surface area contributed by atoms with Crippen molar-refractivity contribution >= 4 is 39.1 Å². The van der Waals surface area contributed by atoms with E-state index in [1.165, 1.54) is 22.5 Å². The lowest BCUT2D eigenvalue weighted by Gasteiger charge is -2.34. The number of hydrogen-bond donors (Lipinski definition) is 0. The number of carbonyl (C=O) groups is 1.